The average Bonchev–Trinajstić information content (AvgIpc) is 2.89. The highest BCUT2D eigenvalue weighted by Gasteiger charge is 2.47. The fraction of sp³-hybridized carbons (Fsp3) is 0.579. The summed E-state index contributed by atoms with van der Waals surface area (Å²) in [4.78, 5) is 26.6. The number of rotatable bonds is 4. The number of hydrogen-bond acceptors (Lipinski definition) is 4. The van der Waals surface area contributed by atoms with Gasteiger partial charge in [0, 0.05) is 18.2 Å². The Bertz CT molecular complexity index is 642. The second-order valence-corrected chi connectivity index (χ2v) is 7.79. The molecule has 1 aromatic rings. The molecule has 1 fully saturated rings. The molecule has 0 radical (unpaired) electrons. The van der Waals surface area contributed by atoms with Crippen LogP contribution < -0.4 is 5.32 Å². The van der Waals surface area contributed by atoms with E-state index in [4.69, 9.17) is 4.74 Å². The number of nitrogens with one attached hydrogen (secondary N) is 1. The van der Waals surface area contributed by atoms with E-state index in [9.17, 15) is 14.0 Å². The van der Waals surface area contributed by atoms with Crippen molar-refractivity contribution in [2.75, 3.05) is 20.7 Å². The van der Waals surface area contributed by atoms with Gasteiger partial charge in [0.05, 0.1) is 13.0 Å². The summed E-state index contributed by atoms with van der Waals surface area (Å²) in [7, 11) is 3.05. The molecule has 5 nitrogen and oxygen atoms in total. The van der Waals surface area contributed by atoms with Gasteiger partial charge < -0.3 is 10.1 Å². The van der Waals surface area contributed by atoms with Crippen molar-refractivity contribution in [1.82, 2.24) is 10.2 Å². The number of carbonyl (C=O) groups excluding carboxylic acids is 2. The van der Waals surface area contributed by atoms with E-state index in [1.54, 1.807) is 30.1 Å². The first-order chi connectivity index (χ1) is 11.7. The third-order valence-electron chi connectivity index (χ3n) is 4.62. The molecule has 0 aromatic heterocycles. The minimum absolute atomic E-state index is 0.0601. The van der Waals surface area contributed by atoms with Crippen LogP contribution in [0, 0.1) is 17.2 Å². The van der Waals surface area contributed by atoms with E-state index < -0.39 is 24.0 Å². The first-order valence-corrected chi connectivity index (χ1v) is 8.47. The van der Waals surface area contributed by atoms with Crippen LogP contribution in [-0.2, 0) is 14.3 Å². The molecule has 0 spiro atoms. The molecule has 1 N–H and O–H groups in total. The third-order valence-corrected chi connectivity index (χ3v) is 4.62. The number of nitrogens with zero attached hydrogens (tertiary/aromatic N) is 1. The van der Waals surface area contributed by atoms with E-state index in [1.807, 2.05) is 20.8 Å². The second kappa shape index (κ2) is 7.52. The standard InChI is InChI=1S/C19H27FN2O3/c1-19(2,3)11-21-17(23)13-10-15(18(24)25-5)22(4)16(13)12-8-6-7-9-14(12)20/h6-9,13,15-16H,10-11H2,1-5H3,(H,21,23)/t13-,15-,16-/m0/s1. The van der Waals surface area contributed by atoms with E-state index in [0.717, 1.165) is 0 Å². The Kier molecular flexibility index (Phi) is 5.83. The summed E-state index contributed by atoms with van der Waals surface area (Å²) in [6.07, 6.45) is 0.304. The van der Waals surface area contributed by atoms with Crippen LogP contribution >= 0.6 is 0 Å². The van der Waals surface area contributed by atoms with Crippen molar-refractivity contribution in [1.29, 1.82) is 0 Å². The second-order valence-electron chi connectivity index (χ2n) is 7.79. The molecule has 138 valence electrons. The van der Waals surface area contributed by atoms with Gasteiger partial charge >= 0.3 is 5.97 Å². The van der Waals surface area contributed by atoms with Gasteiger partial charge in [-0.2, -0.15) is 0 Å². The molecule has 1 heterocycles. The van der Waals surface area contributed by atoms with Crippen molar-refractivity contribution in [3.8, 4) is 0 Å². The van der Waals surface area contributed by atoms with Crippen molar-refractivity contribution >= 4 is 11.9 Å². The predicted molar refractivity (Wildman–Crippen MR) is 93.3 cm³/mol. The molecule has 25 heavy (non-hydrogen) atoms. The molecule has 0 unspecified atom stereocenters. The number of benzene rings is 1. The fourth-order valence-corrected chi connectivity index (χ4v) is 3.30. The molecule has 1 amide bonds. The smallest absolute Gasteiger partial charge is 0.323 e. The lowest BCUT2D eigenvalue weighted by molar-refractivity contribution is -0.145. The summed E-state index contributed by atoms with van der Waals surface area (Å²) in [5, 5.41) is 2.94. The number of amides is 1. The van der Waals surface area contributed by atoms with E-state index >= 15 is 0 Å². The zero-order chi connectivity index (χ0) is 18.8. The van der Waals surface area contributed by atoms with E-state index in [0.29, 0.717) is 18.5 Å². The van der Waals surface area contributed by atoms with Gasteiger partial charge in [-0.3, -0.25) is 14.5 Å². The van der Waals surface area contributed by atoms with Crippen LogP contribution in [-0.4, -0.2) is 43.5 Å². The Morgan fingerprint density at radius 1 is 1.32 bits per heavy atom. The summed E-state index contributed by atoms with van der Waals surface area (Å²) in [6.45, 7) is 6.60. The van der Waals surface area contributed by atoms with Crippen molar-refractivity contribution in [2.45, 2.75) is 39.3 Å². The van der Waals surface area contributed by atoms with Gasteiger partial charge in [-0.05, 0) is 24.9 Å². The average molecular weight is 350 g/mol. The summed E-state index contributed by atoms with van der Waals surface area (Å²) >= 11 is 0. The molecule has 3 atom stereocenters. The predicted octanol–water partition coefficient (Wildman–Crippen LogP) is 2.52. The Hall–Kier alpha value is -1.95. The summed E-state index contributed by atoms with van der Waals surface area (Å²) < 4.78 is 19.2. The zero-order valence-electron chi connectivity index (χ0n) is 15.5. The molecule has 1 aliphatic heterocycles. The van der Waals surface area contributed by atoms with Crippen LogP contribution in [0.1, 0.15) is 38.8 Å². The molecule has 1 saturated heterocycles. The number of ether oxygens (including phenoxy) is 1. The van der Waals surface area contributed by atoms with Crippen LogP contribution in [0.25, 0.3) is 0 Å². The fourth-order valence-electron chi connectivity index (χ4n) is 3.30. The van der Waals surface area contributed by atoms with Crippen LogP contribution in [0.4, 0.5) is 4.39 Å². The summed E-state index contributed by atoms with van der Waals surface area (Å²) in [5.74, 6) is -1.47. The number of hydrogen-bond donors (Lipinski definition) is 1. The molecule has 2 rings (SSSR count). The quantitative estimate of drug-likeness (QED) is 0.848. The highest BCUT2D eigenvalue weighted by molar-refractivity contribution is 5.83. The van der Waals surface area contributed by atoms with Gasteiger partial charge in [0.1, 0.15) is 11.9 Å². The van der Waals surface area contributed by atoms with Crippen molar-refractivity contribution in [3.05, 3.63) is 35.6 Å². The number of esters is 1. The Balaban J connectivity index is 2.32. The Labute approximate surface area is 148 Å². The lowest BCUT2D eigenvalue weighted by atomic mass is 9.91. The Morgan fingerprint density at radius 3 is 2.52 bits per heavy atom. The van der Waals surface area contributed by atoms with Crippen LogP contribution in [0.2, 0.25) is 0 Å². The Morgan fingerprint density at radius 2 is 1.96 bits per heavy atom. The molecular formula is C19H27FN2O3. The molecule has 0 aliphatic carbocycles. The van der Waals surface area contributed by atoms with Crippen molar-refractivity contribution in [2.24, 2.45) is 11.3 Å². The minimum Gasteiger partial charge on any atom is -0.468 e. The highest BCUT2D eigenvalue weighted by atomic mass is 19.1. The SMILES string of the molecule is COC(=O)[C@@H]1C[C@H](C(=O)NCC(C)(C)C)[C@H](c2ccccc2F)N1C. The number of carbonyl (C=O) groups is 2. The molecule has 1 aromatic carbocycles. The number of methoxy groups -OCH3 is 1. The molecular weight excluding hydrogens is 323 g/mol. The number of likely N-dealkylation sites (N-methyl/N-ethyl adjacent to an activating group) is 1. The number of halogens is 1. The minimum atomic E-state index is -0.569. The lowest BCUT2D eigenvalue weighted by Crippen LogP contribution is -2.39. The summed E-state index contributed by atoms with van der Waals surface area (Å²) in [5.41, 5.74) is 0.363. The molecule has 6 heteroatoms. The van der Waals surface area contributed by atoms with E-state index in [-0.39, 0.29) is 17.1 Å². The molecule has 0 saturated carbocycles. The zero-order valence-corrected chi connectivity index (χ0v) is 15.5. The largest absolute Gasteiger partial charge is 0.468 e. The van der Waals surface area contributed by atoms with Gasteiger partial charge in [-0.15, -0.1) is 0 Å². The molecule has 1 aliphatic rings. The van der Waals surface area contributed by atoms with E-state index in [1.165, 1.54) is 13.2 Å². The first kappa shape index (κ1) is 19.4. The van der Waals surface area contributed by atoms with Crippen LogP contribution in [0.15, 0.2) is 24.3 Å². The number of likely N-dealkylation sites (tertiary alicyclic amines) is 1. The maximum atomic E-state index is 14.4. The van der Waals surface area contributed by atoms with Gasteiger partial charge in [0.2, 0.25) is 5.91 Å². The first-order valence-electron chi connectivity index (χ1n) is 8.47. The van der Waals surface area contributed by atoms with Crippen molar-refractivity contribution < 1.29 is 18.7 Å². The third kappa shape index (κ3) is 4.37. The monoisotopic (exact) mass is 350 g/mol. The summed E-state index contributed by atoms with van der Waals surface area (Å²) in [6, 6.07) is 5.31. The van der Waals surface area contributed by atoms with Gasteiger partial charge in [-0.1, -0.05) is 39.0 Å². The van der Waals surface area contributed by atoms with E-state index in [2.05, 4.69) is 5.32 Å². The topological polar surface area (TPSA) is 58.6 Å². The highest BCUT2D eigenvalue weighted by Crippen LogP contribution is 2.41. The van der Waals surface area contributed by atoms with Crippen LogP contribution in [0.5, 0.6) is 0 Å². The van der Waals surface area contributed by atoms with Gasteiger partial charge in [0.25, 0.3) is 0 Å². The normalized spacial score (nSPS) is 24.2. The van der Waals surface area contributed by atoms with Crippen molar-refractivity contribution in [3.63, 3.8) is 0 Å². The maximum Gasteiger partial charge on any atom is 0.323 e. The van der Waals surface area contributed by atoms with Gasteiger partial charge in [-0.25, -0.2) is 4.39 Å². The van der Waals surface area contributed by atoms with Gasteiger partial charge in [0.15, 0.2) is 0 Å². The van der Waals surface area contributed by atoms with Crippen LogP contribution in [0.3, 0.4) is 0 Å². The lowest BCUT2D eigenvalue weighted by Gasteiger charge is -2.28. The maximum absolute atomic E-state index is 14.4. The molecule has 0 bridgehead atoms.